The number of nitrogens with zero attached hydrogens (tertiary/aromatic N) is 3. The summed E-state index contributed by atoms with van der Waals surface area (Å²) in [4.78, 5) is 24.0. The van der Waals surface area contributed by atoms with Gasteiger partial charge in [-0.1, -0.05) is 24.3 Å². The zero-order valence-electron chi connectivity index (χ0n) is 13.8. The predicted octanol–water partition coefficient (Wildman–Crippen LogP) is 2.35. The quantitative estimate of drug-likeness (QED) is 0.805. The molecule has 6 heteroatoms. The van der Waals surface area contributed by atoms with Gasteiger partial charge in [0.05, 0.1) is 5.69 Å². The van der Waals surface area contributed by atoms with Crippen LogP contribution in [0.15, 0.2) is 53.5 Å². The highest BCUT2D eigenvalue weighted by atomic mass is 16.2. The highest BCUT2D eigenvalue weighted by Gasteiger charge is 2.13. The highest BCUT2D eigenvalue weighted by molar-refractivity contribution is 6.03. The minimum atomic E-state index is -0.341. The van der Waals surface area contributed by atoms with E-state index >= 15 is 0 Å². The van der Waals surface area contributed by atoms with Gasteiger partial charge in [-0.25, -0.2) is 0 Å². The summed E-state index contributed by atoms with van der Waals surface area (Å²) >= 11 is 0. The number of nitrogens with one attached hydrogen (secondary N) is 1. The molecular weight excluding hydrogens is 304 g/mol. The lowest BCUT2D eigenvalue weighted by atomic mass is 10.1. The second-order valence-corrected chi connectivity index (χ2v) is 5.67. The van der Waals surface area contributed by atoms with Crippen LogP contribution in [0.1, 0.15) is 15.9 Å². The summed E-state index contributed by atoms with van der Waals surface area (Å²) in [6.45, 7) is 2.02. The number of aromatic nitrogens is 3. The molecule has 0 unspecified atom stereocenters. The number of aryl methyl sites for hydroxylation is 3. The molecule has 1 aromatic carbocycles. The van der Waals surface area contributed by atoms with Crippen molar-refractivity contribution in [3.8, 4) is 11.3 Å². The largest absolute Gasteiger partial charge is 0.319 e. The molecule has 0 spiro atoms. The average Bonchev–Trinajstić information content (AvgIpc) is 2.91. The number of hydrogen-bond acceptors (Lipinski definition) is 3. The monoisotopic (exact) mass is 322 g/mol. The molecule has 0 radical (unpaired) electrons. The van der Waals surface area contributed by atoms with Crippen LogP contribution in [0.25, 0.3) is 11.3 Å². The number of amides is 1. The van der Waals surface area contributed by atoms with Gasteiger partial charge in [0, 0.05) is 43.6 Å². The van der Waals surface area contributed by atoms with Crippen LogP contribution >= 0.6 is 0 Å². The van der Waals surface area contributed by atoms with Crippen molar-refractivity contribution in [3.05, 3.63) is 70.1 Å². The number of hydrogen-bond donors (Lipinski definition) is 1. The van der Waals surface area contributed by atoms with Gasteiger partial charge >= 0.3 is 0 Å². The van der Waals surface area contributed by atoms with Gasteiger partial charge in [0.25, 0.3) is 11.5 Å². The molecule has 0 atom stereocenters. The number of rotatable bonds is 3. The molecular formula is C18H18N4O2. The number of benzene rings is 1. The van der Waals surface area contributed by atoms with Gasteiger partial charge in [-0.3, -0.25) is 14.3 Å². The van der Waals surface area contributed by atoms with E-state index in [-0.39, 0.29) is 11.5 Å². The molecule has 6 nitrogen and oxygen atoms in total. The summed E-state index contributed by atoms with van der Waals surface area (Å²) < 4.78 is 3.03. The second kappa shape index (κ2) is 6.16. The number of pyridine rings is 1. The number of carbonyl (C=O) groups is 1. The van der Waals surface area contributed by atoms with Crippen LogP contribution in [-0.2, 0) is 14.1 Å². The molecule has 0 saturated heterocycles. The predicted molar refractivity (Wildman–Crippen MR) is 93.0 cm³/mol. The summed E-state index contributed by atoms with van der Waals surface area (Å²) in [5.74, 6) is 0.228. The van der Waals surface area contributed by atoms with Crippen molar-refractivity contribution in [2.24, 2.45) is 14.1 Å². The number of anilines is 1. The lowest BCUT2D eigenvalue weighted by Crippen LogP contribution is -2.20. The summed E-state index contributed by atoms with van der Waals surface area (Å²) in [6.07, 6.45) is 1.57. The van der Waals surface area contributed by atoms with E-state index in [1.165, 1.54) is 10.6 Å². The Hall–Kier alpha value is -3.15. The first-order valence-electron chi connectivity index (χ1n) is 7.54. The Balaban J connectivity index is 1.88. The number of carbonyl (C=O) groups excluding carboxylic acids is 1. The fraction of sp³-hybridized carbons (Fsp3) is 0.167. The topological polar surface area (TPSA) is 68.9 Å². The fourth-order valence-electron chi connectivity index (χ4n) is 2.45. The maximum Gasteiger partial charge on any atom is 0.257 e. The van der Waals surface area contributed by atoms with E-state index in [9.17, 15) is 9.59 Å². The second-order valence-electron chi connectivity index (χ2n) is 5.67. The molecule has 0 aliphatic rings. The molecule has 0 saturated carbocycles. The van der Waals surface area contributed by atoms with E-state index in [4.69, 9.17) is 0 Å². The standard InChI is InChI=1S/C18H18N4O2/c1-12-6-4-5-7-14(12)15-11-16(22(3)20-15)19-18(24)13-8-9-21(2)17(23)10-13/h4-11H,1-3H3,(H,19,24). The van der Waals surface area contributed by atoms with Crippen molar-refractivity contribution >= 4 is 11.7 Å². The summed E-state index contributed by atoms with van der Waals surface area (Å²) in [5, 5.41) is 7.25. The third-order valence-electron chi connectivity index (χ3n) is 3.91. The Kier molecular flexibility index (Phi) is 4.04. The minimum absolute atomic E-state index is 0.228. The Morgan fingerprint density at radius 1 is 1.12 bits per heavy atom. The summed E-state index contributed by atoms with van der Waals surface area (Å²) in [7, 11) is 3.40. The normalized spacial score (nSPS) is 10.6. The molecule has 0 bridgehead atoms. The van der Waals surface area contributed by atoms with Gasteiger partial charge < -0.3 is 9.88 Å². The Bertz CT molecular complexity index is 969. The van der Waals surface area contributed by atoms with Gasteiger partial charge in [-0.15, -0.1) is 0 Å². The Labute approximate surface area is 139 Å². The van der Waals surface area contributed by atoms with E-state index in [1.807, 2.05) is 37.3 Å². The molecule has 122 valence electrons. The van der Waals surface area contributed by atoms with Gasteiger partial charge in [-0.05, 0) is 18.6 Å². The summed E-state index contributed by atoms with van der Waals surface area (Å²) in [5.41, 5.74) is 3.00. The van der Waals surface area contributed by atoms with Crippen molar-refractivity contribution in [3.63, 3.8) is 0 Å². The van der Waals surface area contributed by atoms with Crippen molar-refractivity contribution in [1.82, 2.24) is 14.3 Å². The highest BCUT2D eigenvalue weighted by Crippen LogP contribution is 2.24. The van der Waals surface area contributed by atoms with Gasteiger partial charge in [-0.2, -0.15) is 5.10 Å². The van der Waals surface area contributed by atoms with Crippen molar-refractivity contribution in [2.75, 3.05) is 5.32 Å². The maximum absolute atomic E-state index is 12.3. The van der Waals surface area contributed by atoms with E-state index in [2.05, 4.69) is 10.4 Å². The third-order valence-corrected chi connectivity index (χ3v) is 3.91. The molecule has 24 heavy (non-hydrogen) atoms. The van der Waals surface area contributed by atoms with E-state index in [0.29, 0.717) is 11.4 Å². The fourth-order valence-corrected chi connectivity index (χ4v) is 2.45. The zero-order valence-corrected chi connectivity index (χ0v) is 13.8. The smallest absolute Gasteiger partial charge is 0.257 e. The average molecular weight is 322 g/mol. The van der Waals surface area contributed by atoms with Crippen molar-refractivity contribution in [1.29, 1.82) is 0 Å². The van der Waals surface area contributed by atoms with Crippen molar-refractivity contribution < 1.29 is 4.79 Å². The van der Waals surface area contributed by atoms with Gasteiger partial charge in [0.15, 0.2) is 0 Å². The van der Waals surface area contributed by atoms with Crippen LogP contribution in [0.5, 0.6) is 0 Å². The van der Waals surface area contributed by atoms with Crippen LogP contribution in [0, 0.1) is 6.92 Å². The van der Waals surface area contributed by atoms with Gasteiger partial charge in [0.1, 0.15) is 5.82 Å². The van der Waals surface area contributed by atoms with Crippen LogP contribution in [0.2, 0.25) is 0 Å². The van der Waals surface area contributed by atoms with Crippen LogP contribution in [0.4, 0.5) is 5.82 Å². The molecule has 0 aliphatic carbocycles. The SMILES string of the molecule is Cc1ccccc1-c1cc(NC(=O)c2ccn(C)c(=O)c2)n(C)n1. The minimum Gasteiger partial charge on any atom is -0.319 e. The van der Waals surface area contributed by atoms with Crippen molar-refractivity contribution in [2.45, 2.75) is 6.92 Å². The molecule has 2 heterocycles. The molecule has 3 rings (SSSR count). The van der Waals surface area contributed by atoms with Crippen LogP contribution in [0.3, 0.4) is 0 Å². The molecule has 3 aromatic rings. The third kappa shape index (κ3) is 2.99. The first kappa shape index (κ1) is 15.7. The zero-order chi connectivity index (χ0) is 17.3. The van der Waals surface area contributed by atoms with E-state index in [0.717, 1.165) is 16.8 Å². The first-order chi connectivity index (χ1) is 11.5. The Morgan fingerprint density at radius 3 is 2.58 bits per heavy atom. The molecule has 1 amide bonds. The molecule has 0 aliphatic heterocycles. The van der Waals surface area contributed by atoms with Gasteiger partial charge in [0.2, 0.25) is 0 Å². The molecule has 1 N–H and O–H groups in total. The molecule has 2 aromatic heterocycles. The van der Waals surface area contributed by atoms with Crippen LogP contribution in [-0.4, -0.2) is 20.3 Å². The van der Waals surface area contributed by atoms with E-state index < -0.39 is 0 Å². The lowest BCUT2D eigenvalue weighted by molar-refractivity contribution is 0.102. The maximum atomic E-state index is 12.3. The lowest BCUT2D eigenvalue weighted by Gasteiger charge is -2.05. The first-order valence-corrected chi connectivity index (χ1v) is 7.54. The van der Waals surface area contributed by atoms with Crippen LogP contribution < -0.4 is 10.9 Å². The Morgan fingerprint density at radius 2 is 1.88 bits per heavy atom. The molecule has 0 fully saturated rings. The van der Waals surface area contributed by atoms with E-state index in [1.54, 1.807) is 31.0 Å². The summed E-state index contributed by atoms with van der Waals surface area (Å²) in [6, 6.07) is 12.7.